The summed E-state index contributed by atoms with van der Waals surface area (Å²) in [4.78, 5) is 0. The fourth-order valence-electron chi connectivity index (χ4n) is 3.04. The maximum absolute atomic E-state index is 5.91. The van der Waals surface area contributed by atoms with Crippen LogP contribution in [0.2, 0.25) is 0 Å². The number of hydrogen-bond acceptors (Lipinski definition) is 3. The van der Waals surface area contributed by atoms with Crippen LogP contribution in [-0.2, 0) is 20.8 Å². The Kier molecular flexibility index (Phi) is 10.9. The van der Waals surface area contributed by atoms with E-state index in [2.05, 4.69) is 31.2 Å². The number of rotatable bonds is 15. The molecular formula is C22H36O3. The van der Waals surface area contributed by atoms with Crippen LogP contribution in [0.1, 0.15) is 70.3 Å². The van der Waals surface area contributed by atoms with Gasteiger partial charge in [0.2, 0.25) is 0 Å². The van der Waals surface area contributed by atoms with E-state index in [1.165, 1.54) is 37.7 Å². The van der Waals surface area contributed by atoms with Crippen LogP contribution in [0.15, 0.2) is 30.3 Å². The summed E-state index contributed by atoms with van der Waals surface area (Å²) >= 11 is 0. The number of benzene rings is 1. The van der Waals surface area contributed by atoms with Gasteiger partial charge in [-0.15, -0.1) is 0 Å². The van der Waals surface area contributed by atoms with Gasteiger partial charge in [0, 0.05) is 19.8 Å². The number of ether oxygens (including phenoxy) is 3. The Labute approximate surface area is 154 Å². The number of unbranched alkanes of at least 4 members (excludes halogenated alkanes) is 5. The van der Waals surface area contributed by atoms with Gasteiger partial charge < -0.3 is 14.2 Å². The van der Waals surface area contributed by atoms with Crippen LogP contribution < -0.4 is 0 Å². The van der Waals surface area contributed by atoms with E-state index in [0.717, 1.165) is 52.1 Å². The van der Waals surface area contributed by atoms with Gasteiger partial charge in [0.15, 0.2) is 0 Å². The first-order valence-electron chi connectivity index (χ1n) is 10.2. The molecule has 0 amide bonds. The Balaban J connectivity index is 1.32. The summed E-state index contributed by atoms with van der Waals surface area (Å²) < 4.78 is 17.5. The Morgan fingerprint density at radius 1 is 0.760 bits per heavy atom. The highest BCUT2D eigenvalue weighted by Gasteiger charge is 2.30. The van der Waals surface area contributed by atoms with Gasteiger partial charge in [-0.2, -0.15) is 0 Å². The monoisotopic (exact) mass is 348 g/mol. The largest absolute Gasteiger partial charge is 0.381 e. The van der Waals surface area contributed by atoms with Crippen LogP contribution in [0.4, 0.5) is 0 Å². The van der Waals surface area contributed by atoms with E-state index in [1.54, 1.807) is 0 Å². The molecule has 1 aromatic carbocycles. The Bertz CT molecular complexity index is 415. The van der Waals surface area contributed by atoms with Crippen LogP contribution in [0.5, 0.6) is 0 Å². The molecule has 0 aromatic heterocycles. The summed E-state index contributed by atoms with van der Waals surface area (Å²) in [5.74, 6) is 0. The van der Waals surface area contributed by atoms with Crippen molar-refractivity contribution in [2.75, 3.05) is 19.8 Å². The zero-order chi connectivity index (χ0) is 17.6. The smallest absolute Gasteiger partial charge is 0.0720 e. The molecule has 1 aliphatic rings. The van der Waals surface area contributed by atoms with Crippen molar-refractivity contribution in [1.82, 2.24) is 0 Å². The Hall–Kier alpha value is -0.900. The van der Waals surface area contributed by atoms with Crippen molar-refractivity contribution in [3.63, 3.8) is 0 Å². The molecule has 0 unspecified atom stereocenters. The third kappa shape index (κ3) is 9.39. The average Bonchev–Trinajstić information content (AvgIpc) is 2.61. The maximum Gasteiger partial charge on any atom is 0.0720 e. The van der Waals surface area contributed by atoms with Crippen molar-refractivity contribution in [3.05, 3.63) is 35.9 Å². The maximum atomic E-state index is 5.91. The number of hydrogen-bond donors (Lipinski definition) is 0. The van der Waals surface area contributed by atoms with Gasteiger partial charge in [0.1, 0.15) is 0 Å². The van der Waals surface area contributed by atoms with Crippen molar-refractivity contribution in [3.8, 4) is 0 Å². The lowest BCUT2D eigenvalue weighted by Crippen LogP contribution is -2.37. The van der Waals surface area contributed by atoms with Crippen LogP contribution in [0.25, 0.3) is 0 Å². The summed E-state index contributed by atoms with van der Waals surface area (Å²) in [6.45, 7) is 5.68. The summed E-state index contributed by atoms with van der Waals surface area (Å²) in [6.07, 6.45) is 11.5. The van der Waals surface area contributed by atoms with Gasteiger partial charge in [-0.25, -0.2) is 0 Å². The van der Waals surface area contributed by atoms with Gasteiger partial charge in [-0.05, 0) is 44.1 Å². The molecule has 0 atom stereocenters. The molecule has 0 bridgehead atoms. The zero-order valence-corrected chi connectivity index (χ0v) is 16.0. The third-order valence-electron chi connectivity index (χ3n) is 4.81. The minimum absolute atomic E-state index is 0.381. The second kappa shape index (κ2) is 13.3. The second-order valence-corrected chi connectivity index (χ2v) is 7.12. The molecular weight excluding hydrogens is 312 g/mol. The van der Waals surface area contributed by atoms with Crippen molar-refractivity contribution < 1.29 is 14.2 Å². The first kappa shape index (κ1) is 20.4. The Morgan fingerprint density at radius 2 is 1.40 bits per heavy atom. The van der Waals surface area contributed by atoms with Crippen molar-refractivity contribution in [2.45, 2.75) is 83.5 Å². The molecule has 3 nitrogen and oxygen atoms in total. The lowest BCUT2D eigenvalue weighted by Gasteiger charge is -2.35. The van der Waals surface area contributed by atoms with Crippen LogP contribution in [0.3, 0.4) is 0 Å². The van der Waals surface area contributed by atoms with Crippen LogP contribution in [-0.4, -0.2) is 32.0 Å². The first-order chi connectivity index (χ1) is 12.4. The van der Waals surface area contributed by atoms with E-state index in [4.69, 9.17) is 14.2 Å². The van der Waals surface area contributed by atoms with Crippen LogP contribution in [0, 0.1) is 0 Å². The third-order valence-corrected chi connectivity index (χ3v) is 4.81. The molecule has 1 fully saturated rings. The SMILES string of the molecule is CCCCCCOCCCCCO[C@H]1C[C@@H](OCc2ccccc2)C1. The summed E-state index contributed by atoms with van der Waals surface area (Å²) in [5, 5.41) is 0. The quantitative estimate of drug-likeness (QED) is 0.391. The van der Waals surface area contributed by atoms with E-state index in [1.807, 2.05) is 6.07 Å². The molecule has 0 heterocycles. The highest BCUT2D eigenvalue weighted by Crippen LogP contribution is 2.27. The van der Waals surface area contributed by atoms with E-state index in [9.17, 15) is 0 Å². The topological polar surface area (TPSA) is 27.7 Å². The van der Waals surface area contributed by atoms with Crippen molar-refractivity contribution in [1.29, 1.82) is 0 Å². The van der Waals surface area contributed by atoms with Gasteiger partial charge >= 0.3 is 0 Å². The lowest BCUT2D eigenvalue weighted by atomic mass is 9.92. The van der Waals surface area contributed by atoms with E-state index in [0.29, 0.717) is 12.2 Å². The normalized spacial score (nSPS) is 19.7. The minimum atomic E-state index is 0.381. The molecule has 0 aliphatic heterocycles. The van der Waals surface area contributed by atoms with Gasteiger partial charge in [0.05, 0.1) is 18.8 Å². The van der Waals surface area contributed by atoms with E-state index >= 15 is 0 Å². The summed E-state index contributed by atoms with van der Waals surface area (Å²) in [6, 6.07) is 10.4. The average molecular weight is 349 g/mol. The van der Waals surface area contributed by atoms with E-state index < -0.39 is 0 Å². The zero-order valence-electron chi connectivity index (χ0n) is 16.0. The summed E-state index contributed by atoms with van der Waals surface area (Å²) in [7, 11) is 0. The predicted molar refractivity (Wildman–Crippen MR) is 103 cm³/mol. The molecule has 25 heavy (non-hydrogen) atoms. The molecule has 1 aliphatic carbocycles. The minimum Gasteiger partial charge on any atom is -0.381 e. The molecule has 142 valence electrons. The molecule has 1 aromatic rings. The molecule has 0 radical (unpaired) electrons. The van der Waals surface area contributed by atoms with Gasteiger partial charge in [-0.1, -0.05) is 56.5 Å². The second-order valence-electron chi connectivity index (χ2n) is 7.12. The molecule has 0 saturated heterocycles. The predicted octanol–water partition coefficient (Wildman–Crippen LogP) is 5.52. The molecule has 0 N–H and O–H groups in total. The molecule has 2 rings (SSSR count). The van der Waals surface area contributed by atoms with Crippen LogP contribution >= 0.6 is 0 Å². The Morgan fingerprint density at radius 3 is 2.12 bits per heavy atom. The van der Waals surface area contributed by atoms with Crippen molar-refractivity contribution >= 4 is 0 Å². The molecule has 0 spiro atoms. The summed E-state index contributed by atoms with van der Waals surface area (Å²) in [5.41, 5.74) is 1.25. The highest BCUT2D eigenvalue weighted by atomic mass is 16.5. The standard InChI is InChI=1S/C22H36O3/c1-2-3-4-9-14-23-15-10-6-11-16-24-21-17-22(18-21)25-19-20-12-7-5-8-13-20/h5,7-8,12-13,21-22H,2-4,6,9-11,14-19H2,1H3/t21-,22+. The van der Waals surface area contributed by atoms with E-state index in [-0.39, 0.29) is 0 Å². The lowest BCUT2D eigenvalue weighted by molar-refractivity contribution is -0.107. The fourth-order valence-corrected chi connectivity index (χ4v) is 3.04. The van der Waals surface area contributed by atoms with Crippen molar-refractivity contribution in [2.24, 2.45) is 0 Å². The van der Waals surface area contributed by atoms with Gasteiger partial charge in [-0.3, -0.25) is 0 Å². The first-order valence-corrected chi connectivity index (χ1v) is 10.2. The highest BCUT2D eigenvalue weighted by molar-refractivity contribution is 5.13. The molecule has 1 saturated carbocycles. The molecule has 3 heteroatoms. The fraction of sp³-hybridized carbons (Fsp3) is 0.727. The van der Waals surface area contributed by atoms with Gasteiger partial charge in [0.25, 0.3) is 0 Å².